The first-order valence-corrected chi connectivity index (χ1v) is 6.36. The minimum Gasteiger partial charge on any atom is -0.478 e. The summed E-state index contributed by atoms with van der Waals surface area (Å²) in [6, 6.07) is 7.98. The van der Waals surface area contributed by atoms with Gasteiger partial charge in [0.25, 0.3) is 0 Å². The zero-order valence-electron chi connectivity index (χ0n) is 11.0. The summed E-state index contributed by atoms with van der Waals surface area (Å²) in [5, 5.41) is 12.2. The standard InChI is InChI=1S/C15H11ClFNO3/c1-8(19)9-4-10(16)6-12(5-9)18-14-3-2-11(17)7-13(14)15(20)21/h2-7,18H,1H3,(H,20,21). The molecule has 0 atom stereocenters. The highest BCUT2D eigenvalue weighted by molar-refractivity contribution is 6.31. The summed E-state index contributed by atoms with van der Waals surface area (Å²) in [5.41, 5.74) is 0.839. The minimum atomic E-state index is -1.26. The number of nitrogens with one attached hydrogen (secondary N) is 1. The Hall–Kier alpha value is -2.40. The Balaban J connectivity index is 2.43. The van der Waals surface area contributed by atoms with Crippen LogP contribution < -0.4 is 5.32 Å². The molecule has 6 heteroatoms. The average molecular weight is 308 g/mol. The van der Waals surface area contributed by atoms with Gasteiger partial charge in [0.05, 0.1) is 11.3 Å². The van der Waals surface area contributed by atoms with Gasteiger partial charge in [0.2, 0.25) is 0 Å². The quantitative estimate of drug-likeness (QED) is 0.834. The van der Waals surface area contributed by atoms with Crippen LogP contribution in [0.1, 0.15) is 27.6 Å². The molecule has 0 bridgehead atoms. The topological polar surface area (TPSA) is 66.4 Å². The van der Waals surface area contributed by atoms with Gasteiger partial charge in [-0.1, -0.05) is 11.6 Å². The van der Waals surface area contributed by atoms with Crippen LogP contribution in [-0.4, -0.2) is 16.9 Å². The maximum absolute atomic E-state index is 13.1. The summed E-state index contributed by atoms with van der Waals surface area (Å²) >= 11 is 5.92. The predicted octanol–water partition coefficient (Wildman–Crippen LogP) is 4.12. The van der Waals surface area contributed by atoms with E-state index in [1.54, 1.807) is 12.1 Å². The van der Waals surface area contributed by atoms with Crippen molar-refractivity contribution in [3.8, 4) is 0 Å². The van der Waals surface area contributed by atoms with Gasteiger partial charge in [-0.25, -0.2) is 9.18 Å². The number of carboxylic acid groups (broad SMARTS) is 1. The lowest BCUT2D eigenvalue weighted by atomic mass is 10.1. The van der Waals surface area contributed by atoms with Crippen molar-refractivity contribution in [2.45, 2.75) is 6.92 Å². The number of halogens is 2. The first-order valence-electron chi connectivity index (χ1n) is 5.98. The SMILES string of the molecule is CC(=O)c1cc(Cl)cc(Nc2ccc(F)cc2C(=O)O)c1. The highest BCUT2D eigenvalue weighted by Crippen LogP contribution is 2.25. The summed E-state index contributed by atoms with van der Waals surface area (Å²) in [6.45, 7) is 1.40. The molecule has 0 amide bonds. The normalized spacial score (nSPS) is 10.2. The molecule has 0 saturated heterocycles. The molecule has 0 aliphatic heterocycles. The van der Waals surface area contributed by atoms with Crippen molar-refractivity contribution in [2.24, 2.45) is 0 Å². The molecule has 2 rings (SSSR count). The Bertz CT molecular complexity index is 731. The van der Waals surface area contributed by atoms with Crippen LogP contribution in [0, 0.1) is 5.82 Å². The number of hydrogen-bond donors (Lipinski definition) is 2. The van der Waals surface area contributed by atoms with Gasteiger partial charge in [0, 0.05) is 16.3 Å². The summed E-state index contributed by atoms with van der Waals surface area (Å²) in [4.78, 5) is 22.5. The number of hydrogen-bond acceptors (Lipinski definition) is 3. The van der Waals surface area contributed by atoms with E-state index in [-0.39, 0.29) is 17.0 Å². The summed E-state index contributed by atoms with van der Waals surface area (Å²) in [5.74, 6) is -2.07. The van der Waals surface area contributed by atoms with Crippen LogP contribution in [0.3, 0.4) is 0 Å². The fraction of sp³-hybridized carbons (Fsp3) is 0.0667. The van der Waals surface area contributed by atoms with E-state index in [4.69, 9.17) is 16.7 Å². The number of carbonyl (C=O) groups is 2. The van der Waals surface area contributed by atoms with Gasteiger partial charge in [-0.05, 0) is 43.3 Å². The number of aromatic carboxylic acids is 1. The van der Waals surface area contributed by atoms with Crippen LogP contribution in [0.4, 0.5) is 15.8 Å². The van der Waals surface area contributed by atoms with Gasteiger partial charge >= 0.3 is 5.97 Å². The van der Waals surface area contributed by atoms with E-state index in [9.17, 15) is 14.0 Å². The average Bonchev–Trinajstić information content (AvgIpc) is 2.40. The van der Waals surface area contributed by atoms with Crippen LogP contribution >= 0.6 is 11.6 Å². The number of carbonyl (C=O) groups excluding carboxylic acids is 1. The van der Waals surface area contributed by atoms with Gasteiger partial charge in [-0.3, -0.25) is 4.79 Å². The second-order valence-corrected chi connectivity index (χ2v) is 4.84. The lowest BCUT2D eigenvalue weighted by molar-refractivity contribution is 0.0697. The largest absolute Gasteiger partial charge is 0.478 e. The molecule has 0 aliphatic carbocycles. The van der Waals surface area contributed by atoms with Gasteiger partial charge in [0.15, 0.2) is 5.78 Å². The zero-order valence-corrected chi connectivity index (χ0v) is 11.7. The van der Waals surface area contributed by atoms with Crippen molar-refractivity contribution in [2.75, 3.05) is 5.32 Å². The molecule has 0 heterocycles. The van der Waals surface area contributed by atoms with E-state index in [2.05, 4.69) is 5.32 Å². The molecular weight excluding hydrogens is 297 g/mol. The number of ketones is 1. The lowest BCUT2D eigenvalue weighted by Gasteiger charge is -2.11. The Kier molecular flexibility index (Phi) is 4.23. The highest BCUT2D eigenvalue weighted by Gasteiger charge is 2.12. The molecule has 0 saturated carbocycles. The Morgan fingerprint density at radius 2 is 1.90 bits per heavy atom. The van der Waals surface area contributed by atoms with Crippen molar-refractivity contribution in [3.05, 3.63) is 58.4 Å². The van der Waals surface area contributed by atoms with Crippen LogP contribution in [0.5, 0.6) is 0 Å². The minimum absolute atomic E-state index is 0.168. The van der Waals surface area contributed by atoms with Crippen molar-refractivity contribution in [3.63, 3.8) is 0 Å². The first-order chi connectivity index (χ1) is 9.86. The number of rotatable bonds is 4. The summed E-state index contributed by atoms with van der Waals surface area (Å²) < 4.78 is 13.1. The van der Waals surface area contributed by atoms with E-state index in [0.29, 0.717) is 16.3 Å². The number of anilines is 2. The summed E-state index contributed by atoms with van der Waals surface area (Å²) in [6.07, 6.45) is 0. The smallest absolute Gasteiger partial charge is 0.337 e. The lowest BCUT2D eigenvalue weighted by Crippen LogP contribution is -2.04. The van der Waals surface area contributed by atoms with Gasteiger partial charge in [-0.2, -0.15) is 0 Å². The molecule has 0 fully saturated rings. The maximum atomic E-state index is 13.1. The number of benzene rings is 2. The molecule has 0 aliphatic rings. The predicted molar refractivity (Wildman–Crippen MR) is 78.1 cm³/mol. The Labute approximate surface area is 125 Å². The maximum Gasteiger partial charge on any atom is 0.337 e. The summed E-state index contributed by atoms with van der Waals surface area (Å²) in [7, 11) is 0. The fourth-order valence-corrected chi connectivity index (χ4v) is 2.06. The first kappa shape index (κ1) is 15.0. The van der Waals surface area contributed by atoms with Gasteiger partial charge < -0.3 is 10.4 Å². The fourth-order valence-electron chi connectivity index (χ4n) is 1.82. The van der Waals surface area contributed by atoms with Crippen molar-refractivity contribution in [1.29, 1.82) is 0 Å². The molecule has 108 valence electrons. The molecule has 0 radical (unpaired) electrons. The number of Topliss-reactive ketones (excluding diaryl/α,β-unsaturated/α-hetero) is 1. The van der Waals surface area contributed by atoms with E-state index in [1.165, 1.54) is 19.1 Å². The third-order valence-electron chi connectivity index (χ3n) is 2.80. The number of carboxylic acids is 1. The van der Waals surface area contributed by atoms with Crippen molar-refractivity contribution >= 4 is 34.7 Å². The van der Waals surface area contributed by atoms with Gasteiger partial charge in [-0.15, -0.1) is 0 Å². The van der Waals surface area contributed by atoms with Crippen molar-refractivity contribution < 1.29 is 19.1 Å². The second-order valence-electron chi connectivity index (χ2n) is 4.40. The molecule has 2 aromatic carbocycles. The van der Waals surface area contributed by atoms with E-state index in [1.807, 2.05) is 0 Å². The third-order valence-corrected chi connectivity index (χ3v) is 3.01. The third kappa shape index (κ3) is 3.58. The molecule has 4 nitrogen and oxygen atoms in total. The molecule has 0 aromatic heterocycles. The van der Waals surface area contributed by atoms with Gasteiger partial charge in [0.1, 0.15) is 5.82 Å². The molecule has 0 unspecified atom stereocenters. The van der Waals surface area contributed by atoms with Crippen LogP contribution in [0.2, 0.25) is 5.02 Å². The Morgan fingerprint density at radius 3 is 2.52 bits per heavy atom. The van der Waals surface area contributed by atoms with Crippen LogP contribution in [0.15, 0.2) is 36.4 Å². The van der Waals surface area contributed by atoms with Crippen molar-refractivity contribution in [1.82, 2.24) is 0 Å². The molecule has 2 aromatic rings. The van der Waals surface area contributed by atoms with Crippen LogP contribution in [0.25, 0.3) is 0 Å². The van der Waals surface area contributed by atoms with Crippen LogP contribution in [-0.2, 0) is 0 Å². The monoisotopic (exact) mass is 307 g/mol. The highest BCUT2D eigenvalue weighted by atomic mass is 35.5. The molecule has 21 heavy (non-hydrogen) atoms. The van der Waals surface area contributed by atoms with E-state index < -0.39 is 11.8 Å². The second kappa shape index (κ2) is 5.93. The molecule has 0 spiro atoms. The van der Waals surface area contributed by atoms with E-state index >= 15 is 0 Å². The van der Waals surface area contributed by atoms with E-state index in [0.717, 1.165) is 12.1 Å². The molecular formula is C15H11ClFNO3. The molecule has 2 N–H and O–H groups in total. The Morgan fingerprint density at radius 1 is 1.19 bits per heavy atom. The zero-order chi connectivity index (χ0) is 15.6.